The summed E-state index contributed by atoms with van der Waals surface area (Å²) in [5, 5.41) is 14.7. The Morgan fingerprint density at radius 1 is 0.760 bits per heavy atom. The first-order chi connectivity index (χ1) is 24.4. The third-order valence-corrected chi connectivity index (χ3v) is 10.0. The van der Waals surface area contributed by atoms with Crippen molar-refractivity contribution in [2.45, 2.75) is 50.9 Å². The minimum absolute atomic E-state index is 0.0999. The largest absolute Gasteiger partial charge is 0.481 e. The molecule has 50 heavy (non-hydrogen) atoms. The molecular weight excluding hydrogens is 673 g/mol. The fraction of sp³-hybridized carbons (Fsp3) is 0.289. The van der Waals surface area contributed by atoms with Crippen LogP contribution in [0.4, 0.5) is 0 Å². The molecule has 2 saturated heterocycles. The number of nitrogens with zero attached hydrogens (tertiary/aromatic N) is 3. The molecule has 0 saturated carbocycles. The normalized spacial score (nSPS) is 17.3. The number of pyridine rings is 3. The molecule has 2 aliphatic heterocycles. The Kier molecular flexibility index (Phi) is 10.2. The SMILES string of the molecule is COc1nc(-c2cccc(-c3cccc(-c4cc5ncc(CNC[C@@H]6CCC(=O)N6)cc5cn4)c3Cl)c2Cl)ccc1CNC[C@@H]1CCC(=O)N1. The number of ether oxygens (including phenoxy) is 1. The monoisotopic (exact) mass is 709 g/mol. The summed E-state index contributed by atoms with van der Waals surface area (Å²) in [5.74, 6) is 0.722. The molecule has 2 fully saturated rings. The molecule has 2 aliphatic rings. The molecule has 0 aliphatic carbocycles. The lowest BCUT2D eigenvalue weighted by atomic mass is 9.98. The number of carbonyl (C=O) groups is 2. The molecule has 0 bridgehead atoms. The number of hydrogen-bond donors (Lipinski definition) is 4. The number of methoxy groups -OCH3 is 1. The second-order valence-electron chi connectivity index (χ2n) is 12.7. The van der Waals surface area contributed by atoms with Crippen molar-refractivity contribution in [2.24, 2.45) is 0 Å². The van der Waals surface area contributed by atoms with Crippen LogP contribution < -0.4 is 26.0 Å². The highest BCUT2D eigenvalue weighted by molar-refractivity contribution is 6.39. The lowest BCUT2D eigenvalue weighted by molar-refractivity contribution is -0.120. The van der Waals surface area contributed by atoms with Crippen molar-refractivity contribution in [3.63, 3.8) is 0 Å². The fourth-order valence-electron chi connectivity index (χ4n) is 6.55. The van der Waals surface area contributed by atoms with E-state index in [0.29, 0.717) is 59.8 Å². The smallest absolute Gasteiger partial charge is 0.220 e. The average molecular weight is 711 g/mol. The first-order valence-electron chi connectivity index (χ1n) is 16.7. The van der Waals surface area contributed by atoms with E-state index in [2.05, 4.69) is 27.3 Å². The van der Waals surface area contributed by atoms with E-state index in [1.165, 1.54) is 0 Å². The molecule has 0 spiro atoms. The van der Waals surface area contributed by atoms with Gasteiger partial charge in [-0.25, -0.2) is 4.98 Å². The topological polar surface area (TPSA) is 130 Å². The van der Waals surface area contributed by atoms with E-state index in [9.17, 15) is 9.59 Å². The van der Waals surface area contributed by atoms with Gasteiger partial charge >= 0.3 is 0 Å². The first-order valence-corrected chi connectivity index (χ1v) is 17.5. The van der Waals surface area contributed by atoms with Crippen LogP contribution in [0.3, 0.4) is 0 Å². The number of fused-ring (bicyclic) bond motifs is 1. The summed E-state index contributed by atoms with van der Waals surface area (Å²) in [6.45, 7) is 2.61. The van der Waals surface area contributed by atoms with Crippen molar-refractivity contribution in [1.29, 1.82) is 0 Å². The number of amides is 2. The van der Waals surface area contributed by atoms with Crippen molar-refractivity contribution in [1.82, 2.24) is 36.2 Å². The van der Waals surface area contributed by atoms with Crippen LogP contribution >= 0.6 is 23.2 Å². The maximum atomic E-state index is 11.5. The Labute approximate surface area is 300 Å². The molecule has 0 radical (unpaired) electrons. The zero-order chi connectivity index (χ0) is 34.6. The summed E-state index contributed by atoms with van der Waals surface area (Å²) >= 11 is 14.2. The van der Waals surface area contributed by atoms with Crippen LogP contribution in [0.1, 0.15) is 36.8 Å². The summed E-state index contributed by atoms with van der Waals surface area (Å²) in [6, 6.07) is 19.9. The van der Waals surface area contributed by atoms with Gasteiger partial charge < -0.3 is 26.0 Å². The van der Waals surface area contributed by atoms with Crippen molar-refractivity contribution in [2.75, 3.05) is 20.2 Å². The number of benzene rings is 2. The minimum Gasteiger partial charge on any atom is -0.481 e. The predicted octanol–water partition coefficient (Wildman–Crippen LogP) is 6.08. The summed E-state index contributed by atoms with van der Waals surface area (Å²) in [7, 11) is 1.60. The Hall–Kier alpha value is -4.61. The second kappa shape index (κ2) is 15.1. The summed E-state index contributed by atoms with van der Waals surface area (Å²) < 4.78 is 5.65. The molecule has 5 aromatic rings. The van der Waals surface area contributed by atoms with Crippen LogP contribution in [0.5, 0.6) is 5.88 Å². The molecule has 12 heteroatoms. The number of carbonyl (C=O) groups excluding carboxylic acids is 2. The Morgan fingerprint density at radius 2 is 1.38 bits per heavy atom. The van der Waals surface area contributed by atoms with Gasteiger partial charge in [0.05, 0.1) is 34.1 Å². The van der Waals surface area contributed by atoms with Crippen LogP contribution in [-0.4, -0.2) is 59.0 Å². The number of rotatable bonds is 12. The van der Waals surface area contributed by atoms with Gasteiger partial charge in [0.2, 0.25) is 17.7 Å². The quantitative estimate of drug-likeness (QED) is 0.123. The van der Waals surface area contributed by atoms with Crippen LogP contribution in [0.25, 0.3) is 44.5 Å². The molecule has 3 aromatic heterocycles. The molecular formula is C38H37Cl2N7O3. The van der Waals surface area contributed by atoms with Crippen LogP contribution in [0.15, 0.2) is 73.1 Å². The van der Waals surface area contributed by atoms with Crippen LogP contribution in [0, 0.1) is 0 Å². The van der Waals surface area contributed by atoms with Crippen LogP contribution in [-0.2, 0) is 22.7 Å². The van der Waals surface area contributed by atoms with E-state index in [4.69, 9.17) is 42.9 Å². The van der Waals surface area contributed by atoms with E-state index in [1.807, 2.05) is 67.0 Å². The zero-order valence-corrected chi connectivity index (χ0v) is 29.1. The Morgan fingerprint density at radius 3 is 2.00 bits per heavy atom. The van der Waals surface area contributed by atoms with Crippen molar-refractivity contribution < 1.29 is 14.3 Å². The zero-order valence-electron chi connectivity index (χ0n) is 27.6. The lowest BCUT2D eigenvalue weighted by Gasteiger charge is -2.15. The molecule has 7 rings (SSSR count). The van der Waals surface area contributed by atoms with Gasteiger partial charge in [0.1, 0.15) is 0 Å². The second-order valence-corrected chi connectivity index (χ2v) is 13.4. The van der Waals surface area contributed by atoms with Crippen molar-refractivity contribution >= 4 is 45.9 Å². The first kappa shape index (κ1) is 33.9. The van der Waals surface area contributed by atoms with E-state index in [-0.39, 0.29) is 23.9 Å². The highest BCUT2D eigenvalue weighted by atomic mass is 35.5. The van der Waals surface area contributed by atoms with Gasteiger partial charge in [-0.1, -0.05) is 65.7 Å². The summed E-state index contributed by atoms with van der Waals surface area (Å²) in [5.41, 5.74) is 7.22. The third-order valence-electron chi connectivity index (χ3n) is 9.19. The summed E-state index contributed by atoms with van der Waals surface area (Å²) in [6.07, 6.45) is 6.54. The predicted molar refractivity (Wildman–Crippen MR) is 196 cm³/mol. The maximum Gasteiger partial charge on any atom is 0.220 e. The molecule has 2 atom stereocenters. The molecule has 4 N–H and O–H groups in total. The Bertz CT molecular complexity index is 2070. The molecule has 0 unspecified atom stereocenters. The van der Waals surface area contributed by atoms with Gasteiger partial charge in [0.25, 0.3) is 0 Å². The van der Waals surface area contributed by atoms with E-state index in [1.54, 1.807) is 7.11 Å². The molecule has 2 amide bonds. The molecule has 2 aromatic carbocycles. The molecule has 5 heterocycles. The van der Waals surface area contributed by atoms with Gasteiger partial charge in [0.15, 0.2) is 0 Å². The maximum absolute atomic E-state index is 11.5. The Balaban J connectivity index is 1.08. The molecule has 10 nitrogen and oxygen atoms in total. The fourth-order valence-corrected chi connectivity index (χ4v) is 7.20. The average Bonchev–Trinajstić information content (AvgIpc) is 3.75. The van der Waals surface area contributed by atoms with E-state index < -0.39 is 0 Å². The van der Waals surface area contributed by atoms with Crippen molar-refractivity contribution in [3.05, 3.63) is 94.2 Å². The highest BCUT2D eigenvalue weighted by Gasteiger charge is 2.22. The number of aromatic nitrogens is 3. The van der Waals surface area contributed by atoms with Crippen LogP contribution in [0.2, 0.25) is 10.0 Å². The van der Waals surface area contributed by atoms with Gasteiger partial charge in [0, 0.05) is 96.7 Å². The van der Waals surface area contributed by atoms with Gasteiger partial charge in [-0.2, -0.15) is 0 Å². The lowest BCUT2D eigenvalue weighted by Crippen LogP contribution is -2.35. The van der Waals surface area contributed by atoms with Crippen molar-refractivity contribution in [3.8, 4) is 39.5 Å². The van der Waals surface area contributed by atoms with E-state index in [0.717, 1.165) is 63.7 Å². The number of nitrogens with one attached hydrogen (secondary N) is 4. The standard InChI is InChI=1S/C38H37Cl2N7O3/c1-50-38-23(18-42-21-26-10-13-35(49)46-26)8-11-31(47-38)29-6-2-4-27(36(29)39)28-5-3-7-30(37(28)40)33-15-32-24(19-44-33)14-22(17-43-32)16-41-20-25-9-12-34(48)45-25/h2-8,11,14-15,17,19,25-26,41-42H,9-10,12-13,16,18,20-21H2,1H3,(H,45,48)(H,46,49)/t25-,26-/m0/s1. The number of halogens is 2. The van der Waals surface area contributed by atoms with E-state index >= 15 is 0 Å². The minimum atomic E-state index is 0.0999. The highest BCUT2D eigenvalue weighted by Crippen LogP contribution is 2.42. The third kappa shape index (κ3) is 7.44. The van der Waals surface area contributed by atoms with Gasteiger partial charge in [-0.05, 0) is 36.6 Å². The summed E-state index contributed by atoms with van der Waals surface area (Å²) in [4.78, 5) is 37.2. The van der Waals surface area contributed by atoms with Gasteiger partial charge in [-0.15, -0.1) is 0 Å². The number of hydrogen-bond acceptors (Lipinski definition) is 8. The van der Waals surface area contributed by atoms with Gasteiger partial charge in [-0.3, -0.25) is 19.6 Å². The molecule has 256 valence electrons.